The van der Waals surface area contributed by atoms with Gasteiger partial charge in [-0.2, -0.15) is 0 Å². The first-order valence-corrected chi connectivity index (χ1v) is 7.11. The van der Waals surface area contributed by atoms with Gasteiger partial charge in [-0.3, -0.25) is 0 Å². The Hall–Kier alpha value is -0.630. The third-order valence-corrected chi connectivity index (χ3v) is 3.64. The van der Waals surface area contributed by atoms with Crippen LogP contribution in [0.25, 0.3) is 0 Å². The van der Waals surface area contributed by atoms with Gasteiger partial charge in [-0.05, 0) is 24.4 Å². The smallest absolute Gasteiger partial charge is 0.209 e. The molecule has 0 aliphatic heterocycles. The van der Waals surface area contributed by atoms with Crippen LogP contribution in [0.15, 0.2) is 11.4 Å². The fourth-order valence-corrected chi connectivity index (χ4v) is 2.41. The van der Waals surface area contributed by atoms with Crippen molar-refractivity contribution in [3.8, 4) is 0 Å². The molecule has 0 fully saturated rings. The van der Waals surface area contributed by atoms with Crippen LogP contribution in [0.2, 0.25) is 0 Å². The summed E-state index contributed by atoms with van der Waals surface area (Å²) in [5.74, 6) is 0.0138. The van der Waals surface area contributed by atoms with Crippen molar-refractivity contribution in [2.45, 2.75) is 13.0 Å². The van der Waals surface area contributed by atoms with Crippen LogP contribution in [0, 0.1) is 0 Å². The Morgan fingerprint density at radius 1 is 1.47 bits per heavy atom. The number of rotatable bonds is 6. The molecule has 5 nitrogen and oxygen atoms in total. The molecule has 0 aliphatic rings. The van der Waals surface area contributed by atoms with Crippen molar-refractivity contribution in [2.75, 3.05) is 18.0 Å². The fourth-order valence-electron chi connectivity index (χ4n) is 1.09. The monoisotopic (exact) mass is 249 g/mol. The normalized spacial score (nSPS) is 11.8. The van der Waals surface area contributed by atoms with Crippen LogP contribution in [-0.4, -0.2) is 20.7 Å². The van der Waals surface area contributed by atoms with Crippen molar-refractivity contribution in [1.82, 2.24) is 5.32 Å². The maximum atomic E-state index is 10.6. The summed E-state index contributed by atoms with van der Waals surface area (Å²) >= 11 is 1.58. The Morgan fingerprint density at radius 3 is 2.73 bits per heavy atom. The lowest BCUT2D eigenvalue weighted by molar-refractivity contribution is 0.590. The van der Waals surface area contributed by atoms with Gasteiger partial charge in [-0.25, -0.2) is 13.6 Å². The number of anilines is 1. The highest BCUT2D eigenvalue weighted by atomic mass is 32.2. The van der Waals surface area contributed by atoms with Crippen molar-refractivity contribution in [1.29, 1.82) is 0 Å². The summed E-state index contributed by atoms with van der Waals surface area (Å²) in [5.41, 5.74) is 6.46. The number of nitrogens with two attached hydrogens (primary N) is 2. The van der Waals surface area contributed by atoms with Crippen molar-refractivity contribution in [2.24, 2.45) is 5.14 Å². The highest BCUT2D eigenvalue weighted by Crippen LogP contribution is 2.17. The van der Waals surface area contributed by atoms with Gasteiger partial charge in [0.1, 0.15) is 0 Å². The van der Waals surface area contributed by atoms with E-state index in [1.807, 2.05) is 11.4 Å². The second-order valence-electron chi connectivity index (χ2n) is 3.20. The van der Waals surface area contributed by atoms with E-state index in [1.165, 1.54) is 0 Å². The molecular formula is C8H15N3O2S2. The fraction of sp³-hybridized carbons (Fsp3) is 0.500. The largest absolute Gasteiger partial charge is 0.398 e. The van der Waals surface area contributed by atoms with Crippen LogP contribution in [0.3, 0.4) is 0 Å². The zero-order valence-electron chi connectivity index (χ0n) is 8.27. The number of hydrogen-bond acceptors (Lipinski definition) is 5. The maximum absolute atomic E-state index is 10.6. The lowest BCUT2D eigenvalue weighted by Gasteiger charge is -2.03. The first kappa shape index (κ1) is 12.4. The summed E-state index contributed by atoms with van der Waals surface area (Å²) in [6, 6.07) is 1.85. The highest BCUT2D eigenvalue weighted by molar-refractivity contribution is 7.89. The molecule has 1 aromatic rings. The van der Waals surface area contributed by atoms with E-state index in [2.05, 4.69) is 5.32 Å². The Bertz CT molecular complexity index is 400. The van der Waals surface area contributed by atoms with Crippen LogP contribution >= 0.6 is 11.3 Å². The van der Waals surface area contributed by atoms with Crippen LogP contribution < -0.4 is 16.2 Å². The van der Waals surface area contributed by atoms with Crippen molar-refractivity contribution in [3.05, 3.63) is 16.3 Å². The predicted octanol–water partition coefficient (Wildman–Crippen LogP) is 0.0985. The molecule has 0 saturated carbocycles. The number of nitrogen functional groups attached to an aromatic ring is 1. The molecule has 0 aromatic carbocycles. The number of primary sulfonamides is 1. The molecule has 1 heterocycles. The van der Waals surface area contributed by atoms with Gasteiger partial charge in [-0.15, -0.1) is 11.3 Å². The highest BCUT2D eigenvalue weighted by Gasteiger charge is 2.02. The van der Waals surface area contributed by atoms with Gasteiger partial charge < -0.3 is 11.1 Å². The summed E-state index contributed by atoms with van der Waals surface area (Å²) in [4.78, 5) is 1.07. The van der Waals surface area contributed by atoms with Gasteiger partial charge in [0.2, 0.25) is 10.0 Å². The Labute approximate surface area is 93.5 Å². The molecule has 0 unspecified atom stereocenters. The predicted molar refractivity (Wildman–Crippen MR) is 63.0 cm³/mol. The van der Waals surface area contributed by atoms with Crippen molar-refractivity contribution < 1.29 is 8.42 Å². The molecule has 0 aliphatic carbocycles. The lowest BCUT2D eigenvalue weighted by Crippen LogP contribution is -2.21. The van der Waals surface area contributed by atoms with Gasteiger partial charge in [0.25, 0.3) is 0 Å². The summed E-state index contributed by atoms with van der Waals surface area (Å²) in [6.07, 6.45) is 0.518. The van der Waals surface area contributed by atoms with E-state index >= 15 is 0 Å². The zero-order valence-corrected chi connectivity index (χ0v) is 9.90. The third-order valence-electron chi connectivity index (χ3n) is 1.85. The quantitative estimate of drug-likeness (QED) is 0.623. The van der Waals surface area contributed by atoms with E-state index in [-0.39, 0.29) is 5.75 Å². The summed E-state index contributed by atoms with van der Waals surface area (Å²) in [7, 11) is -3.33. The first-order valence-electron chi connectivity index (χ1n) is 4.52. The summed E-state index contributed by atoms with van der Waals surface area (Å²) < 4.78 is 21.2. The molecule has 1 rings (SSSR count). The minimum absolute atomic E-state index is 0.0138. The van der Waals surface area contributed by atoms with Crippen LogP contribution in [0.1, 0.15) is 11.3 Å². The molecule has 1 aromatic heterocycles. The van der Waals surface area contributed by atoms with Crippen molar-refractivity contribution in [3.63, 3.8) is 0 Å². The minimum atomic E-state index is -3.33. The Morgan fingerprint density at radius 2 is 2.20 bits per heavy atom. The van der Waals surface area contributed by atoms with E-state index in [0.29, 0.717) is 19.5 Å². The van der Waals surface area contributed by atoms with E-state index in [4.69, 9.17) is 10.9 Å². The Balaban J connectivity index is 2.15. The molecule has 7 heteroatoms. The molecule has 0 atom stereocenters. The third kappa shape index (κ3) is 5.12. The summed E-state index contributed by atoms with van der Waals surface area (Å²) in [5, 5.41) is 9.90. The number of hydrogen-bond donors (Lipinski definition) is 3. The molecule has 0 spiro atoms. The van der Waals surface area contributed by atoms with Gasteiger partial charge in [-0.1, -0.05) is 0 Å². The second kappa shape index (κ2) is 5.45. The summed E-state index contributed by atoms with van der Waals surface area (Å²) in [6.45, 7) is 1.29. The molecule has 0 saturated heterocycles. The zero-order chi connectivity index (χ0) is 11.3. The van der Waals surface area contributed by atoms with Crippen LogP contribution in [-0.2, 0) is 16.6 Å². The molecular weight excluding hydrogens is 234 g/mol. The maximum Gasteiger partial charge on any atom is 0.209 e. The molecule has 5 N–H and O–H groups in total. The second-order valence-corrected chi connectivity index (χ2v) is 5.93. The molecule has 0 radical (unpaired) electrons. The van der Waals surface area contributed by atoms with E-state index in [1.54, 1.807) is 11.3 Å². The average molecular weight is 249 g/mol. The van der Waals surface area contributed by atoms with Gasteiger partial charge in [0.05, 0.1) is 5.75 Å². The number of nitrogens with one attached hydrogen (secondary N) is 1. The molecule has 15 heavy (non-hydrogen) atoms. The van der Waals surface area contributed by atoms with Crippen molar-refractivity contribution >= 4 is 27.0 Å². The minimum Gasteiger partial charge on any atom is -0.398 e. The molecule has 0 bridgehead atoms. The lowest BCUT2D eigenvalue weighted by atomic mass is 10.4. The van der Waals surface area contributed by atoms with Gasteiger partial charge >= 0.3 is 0 Å². The van der Waals surface area contributed by atoms with E-state index in [0.717, 1.165) is 10.6 Å². The molecule has 0 amide bonds. The van der Waals surface area contributed by atoms with E-state index in [9.17, 15) is 8.42 Å². The topological polar surface area (TPSA) is 98.2 Å². The van der Waals surface area contributed by atoms with Gasteiger partial charge in [0.15, 0.2) is 0 Å². The first-order chi connectivity index (χ1) is 6.99. The number of sulfonamides is 1. The van der Waals surface area contributed by atoms with Crippen LogP contribution in [0.5, 0.6) is 0 Å². The average Bonchev–Trinajstić information content (AvgIpc) is 2.49. The van der Waals surface area contributed by atoms with Gasteiger partial charge in [0, 0.05) is 17.1 Å². The SMILES string of the molecule is Nc1ccsc1CNCCCS(N)(=O)=O. The standard InChI is InChI=1S/C8H15N3O2S2/c9-7-2-4-14-8(7)6-11-3-1-5-15(10,12)13/h2,4,11H,1,3,5-6,9H2,(H2,10,12,13). The van der Waals surface area contributed by atoms with E-state index < -0.39 is 10.0 Å². The number of thiophene rings is 1. The molecule has 86 valence electrons. The van der Waals surface area contributed by atoms with Crippen LogP contribution in [0.4, 0.5) is 5.69 Å². The Kier molecular flexibility index (Phi) is 4.52.